The summed E-state index contributed by atoms with van der Waals surface area (Å²) in [6.07, 6.45) is 4.08. The van der Waals surface area contributed by atoms with Crippen molar-refractivity contribution in [2.24, 2.45) is 0 Å². The first-order valence-corrected chi connectivity index (χ1v) is 8.94. The van der Waals surface area contributed by atoms with E-state index >= 15 is 0 Å². The molecule has 0 amide bonds. The second-order valence-corrected chi connectivity index (χ2v) is 7.79. The van der Waals surface area contributed by atoms with Crippen LogP contribution in [-0.4, -0.2) is 38.0 Å². The molecule has 116 valence electrons. The number of hydrogen-bond acceptors (Lipinski definition) is 4. The maximum Gasteiger partial charge on any atom is 0.243 e. The molecular weight excluding hydrogens is 288 g/mol. The highest BCUT2D eigenvalue weighted by atomic mass is 32.2. The summed E-state index contributed by atoms with van der Waals surface area (Å²) in [6, 6.07) is 4.92. The van der Waals surface area contributed by atoms with E-state index in [9.17, 15) is 8.42 Å². The van der Waals surface area contributed by atoms with E-state index in [2.05, 4.69) is 0 Å². The summed E-state index contributed by atoms with van der Waals surface area (Å²) >= 11 is 0. The Bertz CT molecular complexity index is 628. The predicted octanol–water partition coefficient (Wildman–Crippen LogP) is 1.91. The third-order valence-electron chi connectivity index (χ3n) is 4.53. The van der Waals surface area contributed by atoms with Crippen molar-refractivity contribution >= 4 is 15.7 Å². The number of fused-ring (bicyclic) bond motifs is 1. The van der Waals surface area contributed by atoms with Gasteiger partial charge in [-0.05, 0) is 43.5 Å². The molecule has 2 N–H and O–H groups in total. The standard InChI is InChI=1S/C15H22N2O3S/c1-11-10-12(6-7-13(11)16)21(18,19)17-8-9-20-15-5-3-2-4-14(15)17/h6-7,10,14-15H,2-5,8-9,16H2,1H3. The van der Waals surface area contributed by atoms with E-state index in [1.165, 1.54) is 0 Å². The molecule has 1 saturated heterocycles. The maximum absolute atomic E-state index is 12.9. The molecule has 2 fully saturated rings. The fraction of sp³-hybridized carbons (Fsp3) is 0.600. The van der Waals surface area contributed by atoms with Crippen molar-refractivity contribution in [3.05, 3.63) is 23.8 Å². The van der Waals surface area contributed by atoms with Gasteiger partial charge in [0.05, 0.1) is 23.6 Å². The number of sulfonamides is 1. The van der Waals surface area contributed by atoms with Crippen molar-refractivity contribution in [3.8, 4) is 0 Å². The van der Waals surface area contributed by atoms with Gasteiger partial charge in [0.25, 0.3) is 0 Å². The van der Waals surface area contributed by atoms with Gasteiger partial charge in [0.2, 0.25) is 10.0 Å². The molecule has 5 nitrogen and oxygen atoms in total. The molecule has 1 aliphatic carbocycles. The van der Waals surface area contributed by atoms with Crippen LogP contribution in [0.4, 0.5) is 5.69 Å². The van der Waals surface area contributed by atoms with Crippen LogP contribution in [-0.2, 0) is 14.8 Å². The van der Waals surface area contributed by atoms with Gasteiger partial charge in [-0.15, -0.1) is 0 Å². The van der Waals surface area contributed by atoms with E-state index < -0.39 is 10.0 Å². The summed E-state index contributed by atoms with van der Waals surface area (Å²) < 4.78 is 33.3. The number of hydrogen-bond donors (Lipinski definition) is 1. The number of nitrogens with two attached hydrogens (primary N) is 1. The molecule has 2 unspecified atom stereocenters. The Labute approximate surface area is 126 Å². The van der Waals surface area contributed by atoms with Crippen LogP contribution in [0.15, 0.2) is 23.1 Å². The van der Waals surface area contributed by atoms with Crippen molar-refractivity contribution < 1.29 is 13.2 Å². The van der Waals surface area contributed by atoms with E-state index in [4.69, 9.17) is 10.5 Å². The lowest BCUT2D eigenvalue weighted by atomic mass is 9.91. The molecule has 1 aliphatic heterocycles. The average Bonchev–Trinajstić information content (AvgIpc) is 2.49. The van der Waals surface area contributed by atoms with Crippen LogP contribution in [0.1, 0.15) is 31.2 Å². The van der Waals surface area contributed by atoms with E-state index in [1.54, 1.807) is 22.5 Å². The van der Waals surface area contributed by atoms with Crippen LogP contribution in [0.25, 0.3) is 0 Å². The zero-order valence-corrected chi connectivity index (χ0v) is 13.1. The minimum Gasteiger partial charge on any atom is -0.399 e. The Kier molecular flexibility index (Phi) is 3.94. The van der Waals surface area contributed by atoms with Gasteiger partial charge in [0.1, 0.15) is 0 Å². The lowest BCUT2D eigenvalue weighted by molar-refractivity contribution is -0.0586. The minimum atomic E-state index is -3.47. The molecule has 0 radical (unpaired) electrons. The zero-order valence-electron chi connectivity index (χ0n) is 12.3. The molecule has 21 heavy (non-hydrogen) atoms. The third kappa shape index (κ3) is 2.67. The van der Waals surface area contributed by atoms with Crippen LogP contribution < -0.4 is 5.73 Å². The summed E-state index contributed by atoms with van der Waals surface area (Å²) in [5.41, 5.74) is 7.20. The first-order chi connectivity index (χ1) is 10.00. The van der Waals surface area contributed by atoms with E-state index in [0.29, 0.717) is 23.7 Å². The van der Waals surface area contributed by atoms with Gasteiger partial charge in [-0.3, -0.25) is 0 Å². The number of aryl methyl sites for hydroxylation is 1. The molecular formula is C15H22N2O3S. The van der Waals surface area contributed by atoms with Crippen LogP contribution in [0.3, 0.4) is 0 Å². The second kappa shape index (κ2) is 5.59. The quantitative estimate of drug-likeness (QED) is 0.847. The second-order valence-electron chi connectivity index (χ2n) is 5.90. The minimum absolute atomic E-state index is 0.0182. The molecule has 0 spiro atoms. The van der Waals surface area contributed by atoms with Gasteiger partial charge >= 0.3 is 0 Å². The number of nitrogen functional groups attached to an aromatic ring is 1. The highest BCUT2D eigenvalue weighted by Gasteiger charge is 2.40. The number of benzene rings is 1. The summed E-state index contributed by atoms with van der Waals surface area (Å²) in [4.78, 5) is 0.334. The Morgan fingerprint density at radius 1 is 1.29 bits per heavy atom. The fourth-order valence-electron chi connectivity index (χ4n) is 3.30. The molecule has 0 bridgehead atoms. The monoisotopic (exact) mass is 310 g/mol. The molecule has 2 atom stereocenters. The van der Waals surface area contributed by atoms with Crippen LogP contribution in [0.5, 0.6) is 0 Å². The largest absolute Gasteiger partial charge is 0.399 e. The Morgan fingerprint density at radius 3 is 2.81 bits per heavy atom. The zero-order chi connectivity index (χ0) is 15.0. The summed E-state index contributed by atoms with van der Waals surface area (Å²) in [6.45, 7) is 2.75. The van der Waals surface area contributed by atoms with E-state index in [0.717, 1.165) is 31.2 Å². The van der Waals surface area contributed by atoms with Crippen LogP contribution >= 0.6 is 0 Å². The third-order valence-corrected chi connectivity index (χ3v) is 6.45. The Balaban J connectivity index is 1.94. The lowest BCUT2D eigenvalue weighted by Crippen LogP contribution is -2.54. The van der Waals surface area contributed by atoms with E-state index in [-0.39, 0.29) is 12.1 Å². The van der Waals surface area contributed by atoms with Gasteiger partial charge in [0.15, 0.2) is 0 Å². The van der Waals surface area contributed by atoms with Crippen molar-refractivity contribution in [3.63, 3.8) is 0 Å². The molecule has 1 aromatic carbocycles. The summed E-state index contributed by atoms with van der Waals surface area (Å²) in [5, 5.41) is 0. The fourth-order valence-corrected chi connectivity index (χ4v) is 5.05. The van der Waals surface area contributed by atoms with Crippen molar-refractivity contribution in [1.29, 1.82) is 0 Å². The van der Waals surface area contributed by atoms with Crippen LogP contribution in [0, 0.1) is 6.92 Å². The summed E-state index contributed by atoms with van der Waals surface area (Å²) in [5.74, 6) is 0. The average molecular weight is 310 g/mol. The normalized spacial score (nSPS) is 27.3. The first-order valence-electron chi connectivity index (χ1n) is 7.50. The van der Waals surface area contributed by atoms with Gasteiger partial charge in [-0.1, -0.05) is 12.8 Å². The SMILES string of the molecule is Cc1cc(S(=O)(=O)N2CCOC3CCCCC32)ccc1N. The highest BCUT2D eigenvalue weighted by Crippen LogP contribution is 2.32. The molecule has 1 aromatic rings. The molecule has 1 saturated carbocycles. The molecule has 1 heterocycles. The maximum atomic E-state index is 12.9. The summed E-state index contributed by atoms with van der Waals surface area (Å²) in [7, 11) is -3.47. The van der Waals surface area contributed by atoms with Gasteiger partial charge < -0.3 is 10.5 Å². The first kappa shape index (κ1) is 14.8. The number of ether oxygens (including phenoxy) is 1. The smallest absolute Gasteiger partial charge is 0.243 e. The van der Waals surface area contributed by atoms with Crippen molar-refractivity contribution in [1.82, 2.24) is 4.31 Å². The Morgan fingerprint density at radius 2 is 2.05 bits per heavy atom. The molecule has 0 aromatic heterocycles. The van der Waals surface area contributed by atoms with Crippen molar-refractivity contribution in [2.45, 2.75) is 49.6 Å². The van der Waals surface area contributed by atoms with Gasteiger partial charge in [0, 0.05) is 12.2 Å². The molecule has 2 aliphatic rings. The number of nitrogens with zero attached hydrogens (tertiary/aromatic N) is 1. The van der Waals surface area contributed by atoms with E-state index in [1.807, 2.05) is 6.92 Å². The number of morpholine rings is 1. The lowest BCUT2D eigenvalue weighted by Gasteiger charge is -2.42. The van der Waals surface area contributed by atoms with Gasteiger partial charge in [-0.25, -0.2) is 8.42 Å². The molecule has 3 rings (SSSR count). The van der Waals surface area contributed by atoms with Gasteiger partial charge in [-0.2, -0.15) is 4.31 Å². The predicted molar refractivity (Wildman–Crippen MR) is 81.5 cm³/mol. The number of anilines is 1. The molecule has 6 heteroatoms. The van der Waals surface area contributed by atoms with Crippen LogP contribution in [0.2, 0.25) is 0 Å². The topological polar surface area (TPSA) is 72.6 Å². The number of rotatable bonds is 2. The van der Waals surface area contributed by atoms with Crippen molar-refractivity contribution in [2.75, 3.05) is 18.9 Å². The Hall–Kier alpha value is -1.11. The highest BCUT2D eigenvalue weighted by molar-refractivity contribution is 7.89.